The van der Waals surface area contributed by atoms with Crippen LogP contribution in [0.25, 0.3) is 11.4 Å². The molecule has 31 heavy (non-hydrogen) atoms. The Balaban J connectivity index is 1.66. The third kappa shape index (κ3) is 4.84. The lowest BCUT2D eigenvalue weighted by molar-refractivity contribution is 0.242. The molecule has 1 aromatic heterocycles. The summed E-state index contributed by atoms with van der Waals surface area (Å²) in [7, 11) is -3.84. The van der Waals surface area contributed by atoms with Gasteiger partial charge in [-0.15, -0.1) is 10.2 Å². The average molecular weight is 462 g/mol. The first-order chi connectivity index (χ1) is 14.8. The van der Waals surface area contributed by atoms with E-state index in [-0.39, 0.29) is 17.0 Å². The molecule has 1 aliphatic heterocycles. The Morgan fingerprint density at radius 2 is 2.00 bits per heavy atom. The second-order valence-electron chi connectivity index (χ2n) is 7.64. The van der Waals surface area contributed by atoms with Gasteiger partial charge in [0.1, 0.15) is 12.1 Å². The van der Waals surface area contributed by atoms with E-state index >= 15 is 0 Å². The highest BCUT2D eigenvalue weighted by Gasteiger charge is 2.24. The summed E-state index contributed by atoms with van der Waals surface area (Å²) in [6, 6.07) is 11.5. The van der Waals surface area contributed by atoms with E-state index in [0.717, 1.165) is 19.5 Å². The molecule has 1 aliphatic rings. The third-order valence-corrected chi connectivity index (χ3v) is 6.59. The van der Waals surface area contributed by atoms with Gasteiger partial charge in [0.25, 0.3) is 10.0 Å². The number of hydrogen-bond donors (Lipinski definition) is 2. The zero-order chi connectivity index (χ0) is 22.0. The van der Waals surface area contributed by atoms with Crippen LogP contribution in [-0.4, -0.2) is 42.4 Å². The van der Waals surface area contributed by atoms with Gasteiger partial charge in [-0.05, 0) is 69.3 Å². The number of anilines is 1. The Labute approximate surface area is 186 Å². The topological polar surface area (TPSA) is 98.1 Å². The molecule has 0 spiro atoms. The van der Waals surface area contributed by atoms with Crippen LogP contribution in [0.1, 0.15) is 26.3 Å². The Morgan fingerprint density at radius 1 is 1.23 bits per heavy atom. The minimum atomic E-state index is -3.84. The number of ether oxygens (including phenoxy) is 1. The van der Waals surface area contributed by atoms with Crippen molar-refractivity contribution in [2.24, 2.45) is 0 Å². The molecule has 2 aromatic carbocycles. The molecule has 164 valence electrons. The van der Waals surface area contributed by atoms with E-state index in [4.69, 9.17) is 16.3 Å². The second kappa shape index (κ2) is 8.86. The summed E-state index contributed by atoms with van der Waals surface area (Å²) in [4.78, 5) is 0.131. The summed E-state index contributed by atoms with van der Waals surface area (Å²) < 4.78 is 36.3. The first-order valence-corrected chi connectivity index (χ1v) is 11.9. The van der Waals surface area contributed by atoms with Crippen LogP contribution in [0.2, 0.25) is 5.02 Å². The molecule has 3 aromatic rings. The number of halogens is 1. The van der Waals surface area contributed by atoms with Crippen molar-refractivity contribution in [2.45, 2.75) is 37.3 Å². The van der Waals surface area contributed by atoms with E-state index in [1.807, 2.05) is 18.4 Å². The minimum Gasteiger partial charge on any atom is -0.491 e. The Morgan fingerprint density at radius 3 is 2.68 bits per heavy atom. The molecule has 10 heteroatoms. The zero-order valence-corrected chi connectivity index (χ0v) is 18.8. The van der Waals surface area contributed by atoms with Crippen molar-refractivity contribution >= 4 is 27.3 Å². The van der Waals surface area contributed by atoms with Crippen molar-refractivity contribution in [3.8, 4) is 17.1 Å². The molecule has 2 heterocycles. The summed E-state index contributed by atoms with van der Waals surface area (Å²) in [5, 5.41) is 12.1. The molecule has 0 radical (unpaired) electrons. The van der Waals surface area contributed by atoms with Crippen LogP contribution in [-0.2, 0) is 10.0 Å². The molecule has 4 rings (SSSR count). The fourth-order valence-corrected chi connectivity index (χ4v) is 4.80. The van der Waals surface area contributed by atoms with Crippen molar-refractivity contribution in [1.29, 1.82) is 0 Å². The normalized spacial score (nSPS) is 16.6. The summed E-state index contributed by atoms with van der Waals surface area (Å²) in [5.74, 6) is 1.17. The minimum absolute atomic E-state index is 0.00428. The maximum atomic E-state index is 13.0. The third-order valence-electron chi connectivity index (χ3n) is 4.97. The summed E-state index contributed by atoms with van der Waals surface area (Å²) in [6.07, 6.45) is 2.61. The number of rotatable bonds is 7. The number of hydrogen-bond acceptors (Lipinski definition) is 6. The Kier molecular flexibility index (Phi) is 6.17. The summed E-state index contributed by atoms with van der Waals surface area (Å²) >= 11 is 6.23. The van der Waals surface area contributed by atoms with Gasteiger partial charge >= 0.3 is 0 Å². The van der Waals surface area contributed by atoms with Gasteiger partial charge in [0, 0.05) is 17.1 Å². The average Bonchev–Trinajstić information content (AvgIpc) is 3.40. The number of nitrogens with zero attached hydrogens (tertiary/aromatic N) is 3. The first-order valence-electron chi connectivity index (χ1n) is 10.0. The van der Waals surface area contributed by atoms with Gasteiger partial charge < -0.3 is 14.6 Å². The number of sulfonamides is 1. The fraction of sp³-hybridized carbons (Fsp3) is 0.333. The lowest BCUT2D eigenvalue weighted by atomic mass is 10.1. The molecule has 2 N–H and O–H groups in total. The van der Waals surface area contributed by atoms with E-state index in [9.17, 15) is 8.42 Å². The number of nitrogens with one attached hydrogen (secondary N) is 2. The quantitative estimate of drug-likeness (QED) is 0.556. The van der Waals surface area contributed by atoms with Crippen molar-refractivity contribution in [3.63, 3.8) is 0 Å². The van der Waals surface area contributed by atoms with E-state index in [2.05, 4.69) is 20.2 Å². The van der Waals surface area contributed by atoms with Crippen LogP contribution in [0.15, 0.2) is 53.7 Å². The van der Waals surface area contributed by atoms with E-state index < -0.39 is 10.0 Å². The standard InChI is InChI=1S/C21H24ClN5O3S/c1-14(2)30-17-4-6-18(7-5-17)31(28,29)26-20-8-3-15(22)11-19(20)21-25-24-13-27(21)16-9-10-23-12-16/h3-8,11,13-14,16,23,26H,9-10,12H2,1-2H3/t16-/m0/s1. The highest BCUT2D eigenvalue weighted by atomic mass is 35.5. The predicted molar refractivity (Wildman–Crippen MR) is 120 cm³/mol. The second-order valence-corrected chi connectivity index (χ2v) is 9.76. The molecule has 0 aliphatic carbocycles. The Bertz CT molecular complexity index is 1160. The van der Waals surface area contributed by atoms with Crippen LogP contribution in [0.3, 0.4) is 0 Å². The van der Waals surface area contributed by atoms with Gasteiger partial charge in [-0.2, -0.15) is 0 Å². The summed E-state index contributed by atoms with van der Waals surface area (Å²) in [5.41, 5.74) is 0.951. The molecule has 8 nitrogen and oxygen atoms in total. The molecule has 0 bridgehead atoms. The zero-order valence-electron chi connectivity index (χ0n) is 17.2. The van der Waals surface area contributed by atoms with Gasteiger partial charge in [0.2, 0.25) is 0 Å². The molecule has 0 saturated carbocycles. The van der Waals surface area contributed by atoms with Crippen LogP contribution >= 0.6 is 11.6 Å². The van der Waals surface area contributed by atoms with Gasteiger partial charge in [-0.1, -0.05) is 11.6 Å². The highest BCUT2D eigenvalue weighted by molar-refractivity contribution is 7.92. The highest BCUT2D eigenvalue weighted by Crippen LogP contribution is 2.33. The molecular formula is C21H24ClN5O3S. The largest absolute Gasteiger partial charge is 0.491 e. The molecule has 0 unspecified atom stereocenters. The van der Waals surface area contributed by atoms with Crippen molar-refractivity contribution in [2.75, 3.05) is 17.8 Å². The van der Waals surface area contributed by atoms with Crippen LogP contribution in [0, 0.1) is 0 Å². The number of aromatic nitrogens is 3. The van der Waals surface area contributed by atoms with E-state index in [1.54, 1.807) is 36.7 Å². The van der Waals surface area contributed by atoms with Gasteiger partial charge in [0.05, 0.1) is 22.7 Å². The van der Waals surface area contributed by atoms with Crippen molar-refractivity contribution in [1.82, 2.24) is 20.1 Å². The van der Waals surface area contributed by atoms with Crippen molar-refractivity contribution in [3.05, 3.63) is 53.8 Å². The molecule has 1 saturated heterocycles. The summed E-state index contributed by atoms with van der Waals surface area (Å²) in [6.45, 7) is 5.54. The Hall–Kier alpha value is -2.62. The van der Waals surface area contributed by atoms with E-state index in [0.29, 0.717) is 27.8 Å². The van der Waals surface area contributed by atoms with Gasteiger partial charge in [-0.25, -0.2) is 8.42 Å². The maximum absolute atomic E-state index is 13.0. The smallest absolute Gasteiger partial charge is 0.261 e. The fourth-order valence-electron chi connectivity index (χ4n) is 3.54. The molecule has 1 atom stereocenters. The predicted octanol–water partition coefficient (Wildman–Crippen LogP) is 3.72. The van der Waals surface area contributed by atoms with Crippen LogP contribution in [0.4, 0.5) is 5.69 Å². The lowest BCUT2D eigenvalue weighted by Crippen LogP contribution is -2.16. The first kappa shape index (κ1) is 21.6. The maximum Gasteiger partial charge on any atom is 0.261 e. The molecule has 0 amide bonds. The van der Waals surface area contributed by atoms with Crippen LogP contribution in [0.5, 0.6) is 5.75 Å². The van der Waals surface area contributed by atoms with Crippen LogP contribution < -0.4 is 14.8 Å². The number of benzene rings is 2. The van der Waals surface area contributed by atoms with Gasteiger partial charge in [-0.3, -0.25) is 4.72 Å². The molecular weight excluding hydrogens is 438 g/mol. The van der Waals surface area contributed by atoms with Crippen molar-refractivity contribution < 1.29 is 13.2 Å². The van der Waals surface area contributed by atoms with E-state index in [1.165, 1.54) is 12.1 Å². The lowest BCUT2D eigenvalue weighted by Gasteiger charge is -2.17. The monoisotopic (exact) mass is 461 g/mol. The molecule has 1 fully saturated rings. The SMILES string of the molecule is CC(C)Oc1ccc(S(=O)(=O)Nc2ccc(Cl)cc2-c2nncn2[C@H]2CCNC2)cc1. The van der Waals surface area contributed by atoms with Gasteiger partial charge in [0.15, 0.2) is 5.82 Å².